The number of carbonyl (C=O) groups excluding carboxylic acids is 1. The molecule has 1 fully saturated rings. The number of carbonyl (C=O) groups is 1. The summed E-state index contributed by atoms with van der Waals surface area (Å²) in [6.45, 7) is 0. The molecule has 0 atom stereocenters. The Morgan fingerprint density at radius 3 is 2.86 bits per heavy atom. The molecule has 0 radical (unpaired) electrons. The molecule has 1 heterocycles. The van der Waals surface area contributed by atoms with Crippen LogP contribution >= 0.6 is 23.1 Å². The van der Waals surface area contributed by atoms with Crippen LogP contribution in [-0.2, 0) is 0 Å². The van der Waals surface area contributed by atoms with Gasteiger partial charge in [0.25, 0.3) is 0 Å². The van der Waals surface area contributed by atoms with E-state index in [1.807, 2.05) is 36.7 Å². The summed E-state index contributed by atoms with van der Waals surface area (Å²) in [6, 6.07) is 7.51. The van der Waals surface area contributed by atoms with Gasteiger partial charge < -0.3 is 5.32 Å². The lowest BCUT2D eigenvalue weighted by atomic mass is 9.85. The van der Waals surface area contributed by atoms with Crippen LogP contribution in [0.2, 0.25) is 0 Å². The standard InChI is InChI=1S/C15H17N3OS2/c1-20-12-8-3-2-7-11(12)17-14(19)18-15-16-9-13(21-15)10-5-4-6-10/h2-3,7-10H,4-6H2,1H3,(H2,16,17,18,19). The van der Waals surface area contributed by atoms with Crippen LogP contribution in [0.5, 0.6) is 0 Å². The van der Waals surface area contributed by atoms with E-state index in [9.17, 15) is 4.79 Å². The molecule has 2 amide bonds. The number of urea groups is 1. The molecule has 2 aromatic rings. The van der Waals surface area contributed by atoms with Crippen LogP contribution in [0.15, 0.2) is 35.4 Å². The van der Waals surface area contributed by atoms with Gasteiger partial charge in [-0.3, -0.25) is 5.32 Å². The molecule has 2 N–H and O–H groups in total. The number of hydrogen-bond acceptors (Lipinski definition) is 4. The van der Waals surface area contributed by atoms with Crippen molar-refractivity contribution >= 4 is 39.9 Å². The number of para-hydroxylation sites is 1. The second kappa shape index (κ2) is 6.49. The van der Waals surface area contributed by atoms with Crippen LogP contribution in [0.25, 0.3) is 0 Å². The molecule has 4 nitrogen and oxygen atoms in total. The Labute approximate surface area is 132 Å². The minimum absolute atomic E-state index is 0.244. The normalized spacial score (nSPS) is 14.5. The van der Waals surface area contributed by atoms with Gasteiger partial charge in [0, 0.05) is 16.0 Å². The second-order valence-electron chi connectivity index (χ2n) is 4.98. The first-order valence-corrected chi connectivity index (χ1v) is 8.97. The maximum atomic E-state index is 12.0. The van der Waals surface area contributed by atoms with Crippen molar-refractivity contribution in [1.82, 2.24) is 4.98 Å². The molecule has 110 valence electrons. The van der Waals surface area contributed by atoms with Gasteiger partial charge in [0.2, 0.25) is 0 Å². The lowest BCUT2D eigenvalue weighted by Crippen LogP contribution is -2.19. The van der Waals surface area contributed by atoms with Crippen molar-refractivity contribution in [2.75, 3.05) is 16.9 Å². The topological polar surface area (TPSA) is 54.0 Å². The van der Waals surface area contributed by atoms with Gasteiger partial charge in [0.15, 0.2) is 5.13 Å². The highest BCUT2D eigenvalue weighted by molar-refractivity contribution is 7.98. The highest BCUT2D eigenvalue weighted by Gasteiger charge is 2.22. The summed E-state index contributed by atoms with van der Waals surface area (Å²) in [5.41, 5.74) is 0.818. The third-order valence-electron chi connectivity index (χ3n) is 3.61. The van der Waals surface area contributed by atoms with Gasteiger partial charge >= 0.3 is 6.03 Å². The number of amides is 2. The molecule has 0 aliphatic heterocycles. The predicted octanol–water partition coefficient (Wildman–Crippen LogP) is 4.78. The molecule has 1 aromatic carbocycles. The van der Waals surface area contributed by atoms with E-state index in [4.69, 9.17) is 0 Å². The van der Waals surface area contributed by atoms with Crippen molar-refractivity contribution in [2.24, 2.45) is 0 Å². The zero-order chi connectivity index (χ0) is 14.7. The van der Waals surface area contributed by atoms with Crippen molar-refractivity contribution in [3.8, 4) is 0 Å². The first kappa shape index (κ1) is 14.4. The van der Waals surface area contributed by atoms with Gasteiger partial charge in [0.1, 0.15) is 0 Å². The molecule has 0 unspecified atom stereocenters. The largest absolute Gasteiger partial charge is 0.325 e. The van der Waals surface area contributed by atoms with E-state index < -0.39 is 0 Å². The van der Waals surface area contributed by atoms with Crippen LogP contribution in [0.4, 0.5) is 15.6 Å². The lowest BCUT2D eigenvalue weighted by molar-refractivity contribution is 0.262. The number of rotatable bonds is 4. The molecule has 0 bridgehead atoms. The second-order valence-corrected chi connectivity index (χ2v) is 6.89. The van der Waals surface area contributed by atoms with E-state index in [0.29, 0.717) is 11.0 Å². The number of nitrogens with one attached hydrogen (secondary N) is 2. The van der Waals surface area contributed by atoms with Crippen LogP contribution in [0.3, 0.4) is 0 Å². The minimum Gasteiger partial charge on any atom is -0.307 e. The number of nitrogens with zero attached hydrogens (tertiary/aromatic N) is 1. The Morgan fingerprint density at radius 1 is 1.33 bits per heavy atom. The van der Waals surface area contributed by atoms with E-state index in [1.165, 1.54) is 24.1 Å². The monoisotopic (exact) mass is 319 g/mol. The third kappa shape index (κ3) is 3.39. The first-order valence-electron chi connectivity index (χ1n) is 6.93. The maximum Gasteiger partial charge on any atom is 0.325 e. The van der Waals surface area contributed by atoms with Crippen LogP contribution in [0.1, 0.15) is 30.1 Å². The molecule has 21 heavy (non-hydrogen) atoms. The van der Waals surface area contributed by atoms with Gasteiger partial charge in [-0.15, -0.1) is 23.1 Å². The quantitative estimate of drug-likeness (QED) is 0.798. The average molecular weight is 319 g/mol. The van der Waals surface area contributed by atoms with E-state index in [1.54, 1.807) is 23.1 Å². The van der Waals surface area contributed by atoms with E-state index >= 15 is 0 Å². The predicted molar refractivity (Wildman–Crippen MR) is 89.6 cm³/mol. The fraction of sp³-hybridized carbons (Fsp3) is 0.333. The van der Waals surface area contributed by atoms with E-state index in [-0.39, 0.29) is 6.03 Å². The summed E-state index contributed by atoms with van der Waals surface area (Å²) in [5.74, 6) is 0.651. The van der Waals surface area contributed by atoms with Crippen LogP contribution in [-0.4, -0.2) is 17.3 Å². The zero-order valence-electron chi connectivity index (χ0n) is 11.8. The molecular formula is C15H17N3OS2. The van der Waals surface area contributed by atoms with Gasteiger partial charge in [-0.25, -0.2) is 9.78 Å². The zero-order valence-corrected chi connectivity index (χ0v) is 13.4. The molecule has 6 heteroatoms. The van der Waals surface area contributed by atoms with Gasteiger partial charge in [0.05, 0.1) is 5.69 Å². The molecule has 0 saturated heterocycles. The van der Waals surface area contributed by atoms with E-state index in [2.05, 4.69) is 15.6 Å². The summed E-state index contributed by atoms with van der Waals surface area (Å²) in [6.07, 6.45) is 7.67. The summed E-state index contributed by atoms with van der Waals surface area (Å²) in [7, 11) is 0. The molecular weight excluding hydrogens is 302 g/mol. The first-order chi connectivity index (χ1) is 10.3. The molecule has 1 aliphatic carbocycles. The van der Waals surface area contributed by atoms with Crippen LogP contribution < -0.4 is 10.6 Å². The molecule has 1 aromatic heterocycles. The number of anilines is 2. The molecule has 1 saturated carbocycles. The Morgan fingerprint density at radius 2 is 2.14 bits per heavy atom. The average Bonchev–Trinajstić information content (AvgIpc) is 2.85. The minimum atomic E-state index is -0.244. The number of hydrogen-bond donors (Lipinski definition) is 2. The smallest absolute Gasteiger partial charge is 0.307 e. The van der Waals surface area contributed by atoms with Crippen molar-refractivity contribution < 1.29 is 4.79 Å². The SMILES string of the molecule is CSc1ccccc1NC(=O)Nc1ncc(C2CCC2)s1. The fourth-order valence-corrected chi connectivity index (χ4v) is 3.76. The Balaban J connectivity index is 1.62. The van der Waals surface area contributed by atoms with Crippen molar-refractivity contribution in [1.29, 1.82) is 0 Å². The van der Waals surface area contributed by atoms with Crippen molar-refractivity contribution in [3.05, 3.63) is 35.3 Å². The van der Waals surface area contributed by atoms with Crippen LogP contribution in [0, 0.1) is 0 Å². The Hall–Kier alpha value is -1.53. The number of thioether (sulfide) groups is 1. The number of thiazole rings is 1. The highest BCUT2D eigenvalue weighted by Crippen LogP contribution is 2.39. The van der Waals surface area contributed by atoms with Crippen molar-refractivity contribution in [2.45, 2.75) is 30.1 Å². The Bertz CT molecular complexity index is 637. The Kier molecular flexibility index (Phi) is 4.45. The lowest BCUT2D eigenvalue weighted by Gasteiger charge is -2.23. The number of aromatic nitrogens is 1. The highest BCUT2D eigenvalue weighted by atomic mass is 32.2. The summed E-state index contributed by atoms with van der Waals surface area (Å²) in [5, 5.41) is 6.35. The third-order valence-corrected chi connectivity index (χ3v) is 5.48. The molecule has 3 rings (SSSR count). The fourth-order valence-electron chi connectivity index (χ4n) is 2.22. The molecule has 0 spiro atoms. The van der Waals surface area contributed by atoms with Crippen molar-refractivity contribution in [3.63, 3.8) is 0 Å². The summed E-state index contributed by atoms with van der Waals surface area (Å²) >= 11 is 3.18. The van der Waals surface area contributed by atoms with E-state index in [0.717, 1.165) is 10.6 Å². The molecule has 1 aliphatic rings. The number of benzene rings is 1. The maximum absolute atomic E-state index is 12.0. The summed E-state index contributed by atoms with van der Waals surface area (Å²) < 4.78 is 0. The van der Waals surface area contributed by atoms with Gasteiger partial charge in [-0.05, 0) is 37.1 Å². The van der Waals surface area contributed by atoms with Gasteiger partial charge in [-0.2, -0.15) is 0 Å². The summed E-state index contributed by atoms with van der Waals surface area (Å²) in [4.78, 5) is 18.7. The van der Waals surface area contributed by atoms with Gasteiger partial charge in [-0.1, -0.05) is 18.6 Å².